The van der Waals surface area contributed by atoms with E-state index in [4.69, 9.17) is 0 Å². The zero-order chi connectivity index (χ0) is 17.4. The molecule has 0 saturated heterocycles. The summed E-state index contributed by atoms with van der Waals surface area (Å²) >= 11 is 0. The zero-order valence-electron chi connectivity index (χ0n) is 13.6. The molecule has 6 heteroatoms. The summed E-state index contributed by atoms with van der Waals surface area (Å²) in [5.74, 6) is 0.466. The Kier molecular flexibility index (Phi) is 3.57. The molecule has 0 bridgehead atoms. The second-order valence-electron chi connectivity index (χ2n) is 5.94. The van der Waals surface area contributed by atoms with Crippen LogP contribution in [0.3, 0.4) is 0 Å². The van der Waals surface area contributed by atoms with Gasteiger partial charge in [-0.25, -0.2) is 5.10 Å². The van der Waals surface area contributed by atoms with Crippen LogP contribution in [0.4, 0.5) is 22.9 Å². The predicted molar refractivity (Wildman–Crippen MR) is 97.3 cm³/mol. The smallest absolute Gasteiger partial charge is 0.277 e. The highest BCUT2D eigenvalue weighted by atomic mass is 16.1. The van der Waals surface area contributed by atoms with Crippen LogP contribution in [-0.2, 0) is 6.42 Å². The average Bonchev–Trinajstić information content (AvgIpc) is 2.63. The van der Waals surface area contributed by atoms with E-state index in [1.54, 1.807) is 0 Å². The van der Waals surface area contributed by atoms with Gasteiger partial charge in [-0.1, -0.05) is 42.5 Å². The number of aromatic nitrogens is 2. The third-order valence-electron chi connectivity index (χ3n) is 4.39. The van der Waals surface area contributed by atoms with Crippen LogP contribution < -0.4 is 15.8 Å². The minimum absolute atomic E-state index is 0.0696. The van der Waals surface area contributed by atoms with Crippen LogP contribution in [0, 0.1) is 0 Å². The second-order valence-corrected chi connectivity index (χ2v) is 5.94. The zero-order valence-corrected chi connectivity index (χ0v) is 13.6. The van der Waals surface area contributed by atoms with E-state index in [9.17, 15) is 9.59 Å². The van der Waals surface area contributed by atoms with Crippen LogP contribution in [-0.4, -0.2) is 23.5 Å². The Balaban J connectivity index is 1.85. The number of fused-ring (bicyclic) bond motifs is 2. The number of rotatable bonds is 3. The van der Waals surface area contributed by atoms with E-state index in [0.717, 1.165) is 23.4 Å². The molecule has 6 nitrogen and oxygen atoms in total. The van der Waals surface area contributed by atoms with Crippen molar-refractivity contribution >= 4 is 29.2 Å². The number of anilines is 4. The molecule has 0 atom stereocenters. The van der Waals surface area contributed by atoms with E-state index in [2.05, 4.69) is 33.7 Å². The third kappa shape index (κ3) is 2.48. The maximum Gasteiger partial charge on any atom is 0.277 e. The Morgan fingerprint density at radius 2 is 1.88 bits per heavy atom. The highest BCUT2D eigenvalue weighted by Crippen LogP contribution is 2.44. The summed E-state index contributed by atoms with van der Waals surface area (Å²) in [5.41, 5.74) is 4.18. The lowest BCUT2D eigenvalue weighted by molar-refractivity contribution is 0.112. The summed E-state index contributed by atoms with van der Waals surface area (Å²) in [6.07, 6.45) is 1.32. The first-order chi connectivity index (χ1) is 12.2. The number of carbonyl (C=O) groups excluding carboxylic acids is 1. The van der Waals surface area contributed by atoms with Gasteiger partial charge >= 0.3 is 0 Å². The van der Waals surface area contributed by atoms with E-state index in [0.29, 0.717) is 17.8 Å². The number of H-pyrrole nitrogens is 1. The summed E-state index contributed by atoms with van der Waals surface area (Å²) in [6, 6.07) is 16.1. The van der Waals surface area contributed by atoms with Gasteiger partial charge in [-0.05, 0) is 23.6 Å². The third-order valence-corrected chi connectivity index (χ3v) is 4.39. The molecule has 2 aromatic carbocycles. The summed E-state index contributed by atoms with van der Waals surface area (Å²) in [5, 5.41) is 9.62. The lowest BCUT2D eigenvalue weighted by atomic mass is 9.99. The minimum atomic E-state index is -0.494. The number of nitrogens with one attached hydrogen (secondary N) is 2. The first kappa shape index (κ1) is 15.1. The molecule has 0 radical (unpaired) electrons. The highest BCUT2D eigenvalue weighted by Gasteiger charge is 2.27. The number of aldehydes is 1. The molecule has 4 rings (SSSR count). The predicted octanol–water partition coefficient (Wildman–Crippen LogP) is 3.00. The molecule has 25 heavy (non-hydrogen) atoms. The molecule has 0 unspecified atom stereocenters. The standard InChI is InChI=1S/C19H16N4O2/c1-23-16-13(10-12-6-3-2-4-7-12)8-5-9-15(16)20-18-17(23)14(11-24)19(25)22-21-18/h2-9,11H,10H2,1H3,(H,20,21)(H,22,25). The number of nitrogens with zero attached hydrogens (tertiary/aromatic N) is 2. The Morgan fingerprint density at radius 3 is 2.64 bits per heavy atom. The molecule has 0 fully saturated rings. The summed E-state index contributed by atoms with van der Waals surface area (Å²) in [6.45, 7) is 0. The van der Waals surface area contributed by atoms with Crippen LogP contribution in [0.2, 0.25) is 0 Å². The molecule has 0 spiro atoms. The lowest BCUT2D eigenvalue weighted by Crippen LogP contribution is -2.27. The van der Waals surface area contributed by atoms with Crippen LogP contribution in [0.25, 0.3) is 0 Å². The molecular weight excluding hydrogens is 316 g/mol. The van der Waals surface area contributed by atoms with Crippen molar-refractivity contribution in [3.05, 3.63) is 75.6 Å². The number of carbonyl (C=O) groups is 1. The Bertz CT molecular complexity index is 1010. The molecule has 1 aliphatic heterocycles. The molecule has 2 N–H and O–H groups in total. The van der Waals surface area contributed by atoms with Gasteiger partial charge in [-0.3, -0.25) is 9.59 Å². The van der Waals surface area contributed by atoms with Gasteiger partial charge in [-0.15, -0.1) is 0 Å². The number of benzene rings is 2. The van der Waals surface area contributed by atoms with Crippen molar-refractivity contribution in [2.45, 2.75) is 6.42 Å². The summed E-state index contributed by atoms with van der Waals surface area (Å²) < 4.78 is 0. The van der Waals surface area contributed by atoms with Crippen LogP contribution in [0.5, 0.6) is 0 Å². The van der Waals surface area contributed by atoms with E-state index >= 15 is 0 Å². The van der Waals surface area contributed by atoms with Crippen molar-refractivity contribution in [2.24, 2.45) is 0 Å². The monoisotopic (exact) mass is 332 g/mol. The SMILES string of the molecule is CN1c2c(Cc3ccccc3)cccc2Nc2n[nH]c(=O)c(C=O)c21. The molecule has 1 aromatic heterocycles. The Labute approximate surface area is 144 Å². The van der Waals surface area contributed by atoms with E-state index in [1.807, 2.05) is 42.3 Å². The van der Waals surface area contributed by atoms with Crippen LogP contribution in [0.15, 0.2) is 53.3 Å². The molecule has 0 amide bonds. The number of hydrogen-bond donors (Lipinski definition) is 2. The molecule has 1 aliphatic rings. The van der Waals surface area contributed by atoms with E-state index in [1.165, 1.54) is 5.56 Å². The van der Waals surface area contributed by atoms with Crippen molar-refractivity contribution < 1.29 is 4.79 Å². The molecule has 124 valence electrons. The Hall–Kier alpha value is -3.41. The fourth-order valence-corrected chi connectivity index (χ4v) is 3.28. The fraction of sp³-hybridized carbons (Fsp3) is 0.105. The van der Waals surface area contributed by atoms with Gasteiger partial charge in [0.15, 0.2) is 12.1 Å². The fourth-order valence-electron chi connectivity index (χ4n) is 3.28. The van der Waals surface area contributed by atoms with Gasteiger partial charge in [0.2, 0.25) is 0 Å². The van der Waals surface area contributed by atoms with Gasteiger partial charge < -0.3 is 10.2 Å². The largest absolute Gasteiger partial charge is 0.339 e. The molecule has 3 aromatic rings. The van der Waals surface area contributed by atoms with Crippen molar-refractivity contribution in [3.8, 4) is 0 Å². The lowest BCUT2D eigenvalue weighted by Gasteiger charge is -2.32. The summed E-state index contributed by atoms with van der Waals surface area (Å²) in [4.78, 5) is 25.2. The first-order valence-corrected chi connectivity index (χ1v) is 7.93. The van der Waals surface area contributed by atoms with Crippen molar-refractivity contribution in [2.75, 3.05) is 17.3 Å². The van der Waals surface area contributed by atoms with Crippen LogP contribution >= 0.6 is 0 Å². The van der Waals surface area contributed by atoms with E-state index in [-0.39, 0.29) is 5.56 Å². The number of para-hydroxylation sites is 1. The topological polar surface area (TPSA) is 78.1 Å². The number of aromatic amines is 1. The highest BCUT2D eigenvalue weighted by molar-refractivity contribution is 5.98. The van der Waals surface area contributed by atoms with Gasteiger partial charge in [0.25, 0.3) is 5.56 Å². The van der Waals surface area contributed by atoms with Crippen LogP contribution in [0.1, 0.15) is 21.5 Å². The van der Waals surface area contributed by atoms with Gasteiger partial charge in [0.1, 0.15) is 11.3 Å². The normalized spacial score (nSPS) is 12.1. The Morgan fingerprint density at radius 1 is 1.08 bits per heavy atom. The number of hydrogen-bond acceptors (Lipinski definition) is 5. The maximum absolute atomic E-state index is 12.0. The van der Waals surface area contributed by atoms with Crippen molar-refractivity contribution in [1.82, 2.24) is 10.2 Å². The molecule has 0 aliphatic carbocycles. The van der Waals surface area contributed by atoms with Gasteiger partial charge in [0.05, 0.1) is 11.4 Å². The first-order valence-electron chi connectivity index (χ1n) is 7.93. The maximum atomic E-state index is 12.0. The second kappa shape index (κ2) is 5.90. The van der Waals surface area contributed by atoms with E-state index < -0.39 is 5.56 Å². The molecule has 0 saturated carbocycles. The average molecular weight is 332 g/mol. The molecular formula is C19H16N4O2. The van der Waals surface area contributed by atoms with Gasteiger partial charge in [-0.2, -0.15) is 5.10 Å². The minimum Gasteiger partial charge on any atom is -0.339 e. The van der Waals surface area contributed by atoms with Crippen molar-refractivity contribution in [1.29, 1.82) is 0 Å². The van der Waals surface area contributed by atoms with Gasteiger partial charge in [0, 0.05) is 7.05 Å². The molecule has 2 heterocycles. The summed E-state index contributed by atoms with van der Waals surface area (Å²) in [7, 11) is 1.85. The van der Waals surface area contributed by atoms with Crippen molar-refractivity contribution in [3.63, 3.8) is 0 Å². The quantitative estimate of drug-likeness (QED) is 0.721.